The average Bonchev–Trinajstić information content (AvgIpc) is 3.36. The van der Waals surface area contributed by atoms with Gasteiger partial charge >= 0.3 is 0 Å². The van der Waals surface area contributed by atoms with Crippen molar-refractivity contribution >= 4 is 51.4 Å². The van der Waals surface area contributed by atoms with Crippen molar-refractivity contribution in [2.45, 2.75) is 30.4 Å². The summed E-state index contributed by atoms with van der Waals surface area (Å²) in [6, 6.07) is 21.0. The number of hydrogen-bond donors (Lipinski definition) is 2. The minimum absolute atomic E-state index is 0.0177. The molecule has 4 aromatic rings. The van der Waals surface area contributed by atoms with E-state index in [1.807, 2.05) is 56.3 Å². The van der Waals surface area contributed by atoms with E-state index in [2.05, 4.69) is 15.6 Å². The molecular formula is C27H24N4O4S2. The lowest BCUT2D eigenvalue weighted by molar-refractivity contribution is -0.384. The zero-order chi connectivity index (χ0) is 26.4. The SMILES string of the molecule is CCC(Sc1cccc(NC(=O)c2ccccc2C)c1)C(=O)Nc1nc(-c2cccc([N+](=O)[O-])c2)cs1. The predicted molar refractivity (Wildman–Crippen MR) is 148 cm³/mol. The van der Waals surface area contributed by atoms with Gasteiger partial charge in [0.1, 0.15) is 0 Å². The van der Waals surface area contributed by atoms with E-state index in [4.69, 9.17) is 0 Å². The number of aromatic nitrogens is 1. The molecule has 2 N–H and O–H groups in total. The minimum atomic E-state index is -0.454. The Morgan fingerprint density at radius 3 is 2.59 bits per heavy atom. The molecule has 1 aromatic heterocycles. The number of non-ortho nitro benzene ring substituents is 1. The van der Waals surface area contributed by atoms with Crippen molar-refractivity contribution in [3.63, 3.8) is 0 Å². The third-order valence-corrected chi connectivity index (χ3v) is 7.63. The first kappa shape index (κ1) is 26.1. The zero-order valence-electron chi connectivity index (χ0n) is 20.1. The van der Waals surface area contributed by atoms with Crippen LogP contribution in [0.3, 0.4) is 0 Å². The summed E-state index contributed by atoms with van der Waals surface area (Å²) in [5.74, 6) is -0.379. The van der Waals surface area contributed by atoms with Crippen molar-refractivity contribution < 1.29 is 14.5 Å². The molecule has 188 valence electrons. The molecule has 4 rings (SSSR count). The van der Waals surface area contributed by atoms with Crippen molar-refractivity contribution in [3.05, 3.63) is 99.4 Å². The van der Waals surface area contributed by atoms with Gasteiger partial charge in [-0.25, -0.2) is 4.98 Å². The lowest BCUT2D eigenvalue weighted by Crippen LogP contribution is -2.24. The summed E-state index contributed by atoms with van der Waals surface area (Å²) in [6.45, 7) is 3.82. The van der Waals surface area contributed by atoms with Gasteiger partial charge in [-0.2, -0.15) is 0 Å². The summed E-state index contributed by atoms with van der Waals surface area (Å²) in [5.41, 5.74) is 3.30. The summed E-state index contributed by atoms with van der Waals surface area (Å²) in [5, 5.41) is 18.6. The number of carbonyl (C=O) groups excluding carboxylic acids is 2. The number of nitrogens with zero attached hydrogens (tertiary/aromatic N) is 2. The van der Waals surface area contributed by atoms with Crippen LogP contribution in [0.25, 0.3) is 11.3 Å². The first-order valence-corrected chi connectivity index (χ1v) is 13.2. The molecule has 10 heteroatoms. The van der Waals surface area contributed by atoms with E-state index in [0.717, 1.165) is 10.5 Å². The molecule has 0 bridgehead atoms. The Kier molecular flexibility index (Phi) is 8.32. The standard InChI is InChI=1S/C27H24N4O4S2/c1-3-24(26(33)30-27-29-23(16-36-27)18-9-6-11-20(14-18)31(34)35)37-21-12-7-10-19(15-21)28-25(32)22-13-5-4-8-17(22)2/h4-16,24H,3H2,1-2H3,(H,28,32)(H,29,30,33). The normalized spacial score (nSPS) is 11.5. The van der Waals surface area contributed by atoms with Gasteiger partial charge in [-0.15, -0.1) is 23.1 Å². The van der Waals surface area contributed by atoms with Crippen LogP contribution in [0.15, 0.2) is 83.1 Å². The van der Waals surface area contributed by atoms with Gasteiger partial charge in [-0.1, -0.05) is 43.3 Å². The molecule has 37 heavy (non-hydrogen) atoms. The number of carbonyl (C=O) groups is 2. The summed E-state index contributed by atoms with van der Waals surface area (Å²) < 4.78 is 0. The van der Waals surface area contributed by atoms with Crippen LogP contribution in [-0.2, 0) is 4.79 Å². The molecule has 1 unspecified atom stereocenters. The maximum absolute atomic E-state index is 13.0. The van der Waals surface area contributed by atoms with Crippen LogP contribution in [0.4, 0.5) is 16.5 Å². The van der Waals surface area contributed by atoms with E-state index in [1.54, 1.807) is 23.6 Å². The molecule has 8 nitrogen and oxygen atoms in total. The second kappa shape index (κ2) is 11.8. The van der Waals surface area contributed by atoms with Crippen LogP contribution in [0.2, 0.25) is 0 Å². The Hall–Kier alpha value is -4.02. The van der Waals surface area contributed by atoms with E-state index in [-0.39, 0.29) is 22.8 Å². The number of benzene rings is 3. The highest BCUT2D eigenvalue weighted by molar-refractivity contribution is 8.00. The molecule has 0 spiro atoms. The van der Waals surface area contributed by atoms with Gasteiger partial charge in [0.2, 0.25) is 5.91 Å². The third kappa shape index (κ3) is 6.60. The van der Waals surface area contributed by atoms with Crippen molar-refractivity contribution in [1.29, 1.82) is 0 Å². The highest BCUT2D eigenvalue weighted by Crippen LogP contribution is 2.31. The predicted octanol–water partition coefficient (Wildman–Crippen LogP) is 6.79. The van der Waals surface area contributed by atoms with Gasteiger partial charge in [0.05, 0.1) is 15.9 Å². The smallest absolute Gasteiger partial charge is 0.270 e. The highest BCUT2D eigenvalue weighted by atomic mass is 32.2. The lowest BCUT2D eigenvalue weighted by atomic mass is 10.1. The first-order valence-electron chi connectivity index (χ1n) is 11.5. The van der Waals surface area contributed by atoms with Crippen LogP contribution < -0.4 is 10.6 Å². The van der Waals surface area contributed by atoms with Crippen molar-refractivity contribution in [3.8, 4) is 11.3 Å². The summed E-state index contributed by atoms with van der Waals surface area (Å²) in [6.07, 6.45) is 0.583. The Bertz CT molecular complexity index is 1450. The molecule has 1 heterocycles. The van der Waals surface area contributed by atoms with Gasteiger partial charge in [-0.3, -0.25) is 19.7 Å². The van der Waals surface area contributed by atoms with E-state index < -0.39 is 4.92 Å². The molecule has 0 saturated heterocycles. The largest absolute Gasteiger partial charge is 0.322 e. The van der Waals surface area contributed by atoms with Crippen molar-refractivity contribution in [1.82, 2.24) is 4.98 Å². The van der Waals surface area contributed by atoms with Gasteiger partial charge in [-0.05, 0) is 43.2 Å². The zero-order valence-corrected chi connectivity index (χ0v) is 21.8. The number of nitro groups is 1. The van der Waals surface area contributed by atoms with Crippen molar-refractivity contribution in [2.24, 2.45) is 0 Å². The Morgan fingerprint density at radius 2 is 1.84 bits per heavy atom. The Balaban J connectivity index is 1.41. The third-order valence-electron chi connectivity index (χ3n) is 5.51. The molecule has 0 saturated carbocycles. The summed E-state index contributed by atoms with van der Waals surface area (Å²) in [4.78, 5) is 41.6. The maximum Gasteiger partial charge on any atom is 0.270 e. The number of nitrogens with one attached hydrogen (secondary N) is 2. The lowest BCUT2D eigenvalue weighted by Gasteiger charge is -2.14. The molecule has 0 radical (unpaired) electrons. The van der Waals surface area contributed by atoms with Crippen LogP contribution >= 0.6 is 23.1 Å². The number of hydrogen-bond acceptors (Lipinski definition) is 7. The second-order valence-electron chi connectivity index (χ2n) is 8.15. The number of thiazole rings is 1. The molecule has 0 aliphatic heterocycles. The van der Waals surface area contributed by atoms with E-state index in [1.165, 1.54) is 35.2 Å². The Labute approximate surface area is 222 Å². The van der Waals surface area contributed by atoms with Gasteiger partial charge < -0.3 is 10.6 Å². The Morgan fingerprint density at radius 1 is 1.05 bits per heavy atom. The fourth-order valence-electron chi connectivity index (χ4n) is 3.59. The number of thioether (sulfide) groups is 1. The fourth-order valence-corrected chi connectivity index (χ4v) is 5.32. The highest BCUT2D eigenvalue weighted by Gasteiger charge is 2.20. The minimum Gasteiger partial charge on any atom is -0.322 e. The summed E-state index contributed by atoms with van der Waals surface area (Å²) in [7, 11) is 0. The second-order valence-corrected chi connectivity index (χ2v) is 10.3. The topological polar surface area (TPSA) is 114 Å². The van der Waals surface area contributed by atoms with Crippen LogP contribution in [0.5, 0.6) is 0 Å². The number of nitro benzene ring substituents is 1. The number of aryl methyl sites for hydroxylation is 1. The summed E-state index contributed by atoms with van der Waals surface area (Å²) >= 11 is 2.66. The van der Waals surface area contributed by atoms with E-state index in [9.17, 15) is 19.7 Å². The average molecular weight is 533 g/mol. The number of rotatable bonds is 9. The fraction of sp³-hybridized carbons (Fsp3) is 0.148. The molecule has 0 aliphatic rings. The first-order chi connectivity index (χ1) is 17.8. The molecule has 2 amide bonds. The molecule has 1 atom stereocenters. The van der Waals surface area contributed by atoms with Gasteiger partial charge in [0.25, 0.3) is 11.6 Å². The number of amides is 2. The van der Waals surface area contributed by atoms with Gasteiger partial charge in [0, 0.05) is 39.2 Å². The molecule has 3 aromatic carbocycles. The van der Waals surface area contributed by atoms with Crippen molar-refractivity contribution in [2.75, 3.05) is 10.6 Å². The molecular weight excluding hydrogens is 508 g/mol. The van der Waals surface area contributed by atoms with Crippen LogP contribution in [0.1, 0.15) is 29.3 Å². The van der Waals surface area contributed by atoms with E-state index >= 15 is 0 Å². The van der Waals surface area contributed by atoms with Gasteiger partial charge in [0.15, 0.2) is 5.13 Å². The molecule has 0 fully saturated rings. The quantitative estimate of drug-likeness (QED) is 0.139. The van der Waals surface area contributed by atoms with Crippen LogP contribution in [0, 0.1) is 17.0 Å². The maximum atomic E-state index is 13.0. The molecule has 0 aliphatic carbocycles. The van der Waals surface area contributed by atoms with E-state index in [0.29, 0.717) is 34.1 Å². The number of anilines is 2. The van der Waals surface area contributed by atoms with Crippen LogP contribution in [-0.4, -0.2) is 27.0 Å². The monoisotopic (exact) mass is 532 g/mol.